The van der Waals surface area contributed by atoms with Crippen LogP contribution in [0.15, 0.2) is 30.5 Å². The minimum Gasteiger partial charge on any atom is -0.361 e. The van der Waals surface area contributed by atoms with Crippen LogP contribution in [0.5, 0.6) is 0 Å². The minimum absolute atomic E-state index is 0.180. The molecule has 2 rings (SSSR count). The van der Waals surface area contributed by atoms with Crippen molar-refractivity contribution in [3.63, 3.8) is 0 Å². The van der Waals surface area contributed by atoms with Crippen LogP contribution in [0.4, 0.5) is 0 Å². The number of nitrogens with two attached hydrogens (primary N) is 1. The number of hydrogen-bond donors (Lipinski definition) is 3. The molecule has 4 N–H and O–H groups in total. The van der Waals surface area contributed by atoms with E-state index < -0.39 is 0 Å². The van der Waals surface area contributed by atoms with Gasteiger partial charge in [0.2, 0.25) is 0 Å². The van der Waals surface area contributed by atoms with E-state index in [-0.39, 0.29) is 6.04 Å². The lowest BCUT2D eigenvalue weighted by Crippen LogP contribution is -2.35. The predicted molar refractivity (Wildman–Crippen MR) is 68.5 cm³/mol. The average molecular weight is 217 g/mol. The van der Waals surface area contributed by atoms with Crippen molar-refractivity contribution in [1.82, 2.24) is 10.3 Å². The second kappa shape index (κ2) is 5.14. The Morgan fingerprint density at radius 1 is 1.38 bits per heavy atom. The number of aromatic nitrogens is 1. The lowest BCUT2D eigenvalue weighted by molar-refractivity contribution is 0.589. The van der Waals surface area contributed by atoms with Crippen LogP contribution < -0.4 is 11.1 Å². The minimum atomic E-state index is 0.180. The summed E-state index contributed by atoms with van der Waals surface area (Å²) >= 11 is 0. The van der Waals surface area contributed by atoms with Gasteiger partial charge in [-0.15, -0.1) is 0 Å². The topological polar surface area (TPSA) is 53.8 Å². The Hall–Kier alpha value is -1.32. The second-order valence-corrected chi connectivity index (χ2v) is 4.13. The molecular weight excluding hydrogens is 198 g/mol. The van der Waals surface area contributed by atoms with Crippen molar-refractivity contribution in [3.05, 3.63) is 36.0 Å². The zero-order chi connectivity index (χ0) is 11.4. The summed E-state index contributed by atoms with van der Waals surface area (Å²) in [7, 11) is 0. The molecule has 0 bridgehead atoms. The number of hydrogen-bond acceptors (Lipinski definition) is 2. The fourth-order valence-corrected chi connectivity index (χ4v) is 1.98. The quantitative estimate of drug-likeness (QED) is 0.713. The molecule has 86 valence electrons. The Labute approximate surface area is 96.0 Å². The summed E-state index contributed by atoms with van der Waals surface area (Å²) in [4.78, 5) is 3.27. The van der Waals surface area contributed by atoms with Crippen LogP contribution in [-0.4, -0.2) is 24.1 Å². The maximum atomic E-state index is 6.07. The first-order chi connectivity index (χ1) is 7.81. The average Bonchev–Trinajstić information content (AvgIpc) is 2.70. The number of para-hydroxylation sites is 1. The van der Waals surface area contributed by atoms with Crippen molar-refractivity contribution in [3.8, 4) is 0 Å². The number of H-pyrrole nitrogens is 1. The van der Waals surface area contributed by atoms with Gasteiger partial charge in [-0.05, 0) is 24.6 Å². The Morgan fingerprint density at radius 2 is 2.19 bits per heavy atom. The summed E-state index contributed by atoms with van der Waals surface area (Å²) in [5, 5.41) is 4.56. The Balaban J connectivity index is 2.09. The normalized spacial score (nSPS) is 13.1. The molecule has 16 heavy (non-hydrogen) atoms. The van der Waals surface area contributed by atoms with Crippen LogP contribution in [-0.2, 0) is 6.42 Å². The fraction of sp³-hybridized carbons (Fsp3) is 0.385. The number of rotatable bonds is 5. The van der Waals surface area contributed by atoms with E-state index in [1.54, 1.807) is 0 Å². The Bertz CT molecular complexity index is 447. The van der Waals surface area contributed by atoms with E-state index in [1.165, 1.54) is 16.5 Å². The van der Waals surface area contributed by atoms with Crippen molar-refractivity contribution in [2.75, 3.05) is 13.1 Å². The molecule has 1 atom stereocenters. The highest BCUT2D eigenvalue weighted by Gasteiger charge is 2.07. The van der Waals surface area contributed by atoms with E-state index in [0.717, 1.165) is 19.5 Å². The molecule has 3 nitrogen and oxygen atoms in total. The van der Waals surface area contributed by atoms with Crippen molar-refractivity contribution in [2.45, 2.75) is 19.4 Å². The largest absolute Gasteiger partial charge is 0.361 e. The first kappa shape index (κ1) is 11.2. The maximum Gasteiger partial charge on any atom is 0.0456 e. The highest BCUT2D eigenvalue weighted by atomic mass is 14.9. The van der Waals surface area contributed by atoms with Gasteiger partial charge < -0.3 is 16.0 Å². The van der Waals surface area contributed by atoms with Crippen LogP contribution in [0, 0.1) is 0 Å². The molecule has 1 heterocycles. The number of nitrogens with one attached hydrogen (secondary N) is 2. The third kappa shape index (κ3) is 2.43. The van der Waals surface area contributed by atoms with Crippen molar-refractivity contribution in [1.29, 1.82) is 0 Å². The highest BCUT2D eigenvalue weighted by molar-refractivity contribution is 5.83. The third-order valence-corrected chi connectivity index (χ3v) is 2.81. The molecular formula is C13H19N3. The van der Waals surface area contributed by atoms with Gasteiger partial charge in [0, 0.05) is 29.7 Å². The molecule has 0 saturated carbocycles. The lowest BCUT2D eigenvalue weighted by Gasteiger charge is -2.10. The standard InChI is InChI=1S/C13H19N3/c1-2-15-9-11(14)7-10-8-16-13-6-4-3-5-12(10)13/h3-6,8,11,15-16H,2,7,9,14H2,1H3. The Kier molecular flexibility index (Phi) is 3.59. The molecule has 1 aromatic heterocycles. The summed E-state index contributed by atoms with van der Waals surface area (Å²) in [5.74, 6) is 0. The predicted octanol–water partition coefficient (Wildman–Crippen LogP) is 1.65. The summed E-state index contributed by atoms with van der Waals surface area (Å²) in [6, 6.07) is 8.52. The van der Waals surface area contributed by atoms with Crippen LogP contribution in [0.25, 0.3) is 10.9 Å². The molecule has 0 radical (unpaired) electrons. The van der Waals surface area contributed by atoms with E-state index in [0.29, 0.717) is 0 Å². The van der Waals surface area contributed by atoms with Gasteiger partial charge in [-0.3, -0.25) is 0 Å². The van der Waals surface area contributed by atoms with Gasteiger partial charge in [0.05, 0.1) is 0 Å². The first-order valence-electron chi connectivity index (χ1n) is 5.82. The monoisotopic (exact) mass is 217 g/mol. The van der Waals surface area contributed by atoms with E-state index in [4.69, 9.17) is 5.73 Å². The van der Waals surface area contributed by atoms with Crippen molar-refractivity contribution < 1.29 is 0 Å². The summed E-state index contributed by atoms with van der Waals surface area (Å²) in [6.07, 6.45) is 2.98. The molecule has 0 spiro atoms. The van der Waals surface area contributed by atoms with Gasteiger partial charge >= 0.3 is 0 Å². The molecule has 1 unspecified atom stereocenters. The van der Waals surface area contributed by atoms with Gasteiger partial charge in [-0.25, -0.2) is 0 Å². The fourth-order valence-electron chi connectivity index (χ4n) is 1.98. The zero-order valence-electron chi connectivity index (χ0n) is 9.66. The molecule has 0 amide bonds. The van der Waals surface area contributed by atoms with Crippen molar-refractivity contribution in [2.24, 2.45) is 5.73 Å². The third-order valence-electron chi connectivity index (χ3n) is 2.81. The second-order valence-electron chi connectivity index (χ2n) is 4.13. The van der Waals surface area contributed by atoms with E-state index in [9.17, 15) is 0 Å². The van der Waals surface area contributed by atoms with Gasteiger partial charge in [0.1, 0.15) is 0 Å². The van der Waals surface area contributed by atoms with Gasteiger partial charge in [-0.2, -0.15) is 0 Å². The summed E-state index contributed by atoms with van der Waals surface area (Å²) in [5.41, 5.74) is 8.56. The van der Waals surface area contributed by atoms with Crippen LogP contribution in [0.2, 0.25) is 0 Å². The van der Waals surface area contributed by atoms with Gasteiger partial charge in [-0.1, -0.05) is 25.1 Å². The Morgan fingerprint density at radius 3 is 3.00 bits per heavy atom. The molecule has 3 heteroatoms. The van der Waals surface area contributed by atoms with Crippen LogP contribution in [0.1, 0.15) is 12.5 Å². The van der Waals surface area contributed by atoms with Crippen molar-refractivity contribution >= 4 is 10.9 Å². The lowest BCUT2D eigenvalue weighted by atomic mass is 10.1. The molecule has 2 aromatic rings. The maximum absolute atomic E-state index is 6.07. The molecule has 0 aliphatic rings. The van der Waals surface area contributed by atoms with Gasteiger partial charge in [0.25, 0.3) is 0 Å². The molecule has 0 aliphatic carbocycles. The number of aromatic amines is 1. The first-order valence-corrected chi connectivity index (χ1v) is 5.82. The van der Waals surface area contributed by atoms with Crippen LogP contribution in [0.3, 0.4) is 0 Å². The number of fused-ring (bicyclic) bond motifs is 1. The van der Waals surface area contributed by atoms with E-state index >= 15 is 0 Å². The molecule has 0 saturated heterocycles. The summed E-state index contributed by atoms with van der Waals surface area (Å²) in [6.45, 7) is 3.94. The zero-order valence-corrected chi connectivity index (χ0v) is 9.66. The smallest absolute Gasteiger partial charge is 0.0456 e. The number of benzene rings is 1. The van der Waals surface area contributed by atoms with Crippen LogP contribution >= 0.6 is 0 Å². The SMILES string of the molecule is CCNCC(N)Cc1c[nH]c2ccccc12. The molecule has 0 aliphatic heterocycles. The van der Waals surface area contributed by atoms with Gasteiger partial charge in [0.15, 0.2) is 0 Å². The van der Waals surface area contributed by atoms with E-state index in [2.05, 4.69) is 41.6 Å². The molecule has 0 fully saturated rings. The number of likely N-dealkylation sites (N-methyl/N-ethyl adjacent to an activating group) is 1. The molecule has 1 aromatic carbocycles. The van der Waals surface area contributed by atoms with E-state index in [1.807, 2.05) is 6.07 Å². The summed E-state index contributed by atoms with van der Waals surface area (Å²) < 4.78 is 0. The highest BCUT2D eigenvalue weighted by Crippen LogP contribution is 2.18.